The van der Waals surface area contributed by atoms with E-state index in [1.165, 1.54) is 0 Å². The summed E-state index contributed by atoms with van der Waals surface area (Å²) in [6, 6.07) is 7.63. The summed E-state index contributed by atoms with van der Waals surface area (Å²) in [6.07, 6.45) is 3.55. The highest BCUT2D eigenvalue weighted by Gasteiger charge is 2.07. The Labute approximate surface area is 118 Å². The Morgan fingerprint density at radius 1 is 1.18 bits per heavy atom. The Morgan fingerprint density at radius 2 is 2.00 bits per heavy atom. The zero-order chi connectivity index (χ0) is 12.3. The van der Waals surface area contributed by atoms with Crippen molar-refractivity contribution in [1.82, 2.24) is 4.98 Å². The van der Waals surface area contributed by atoms with Crippen molar-refractivity contribution >= 4 is 44.8 Å². The minimum absolute atomic E-state index is 0.517. The zero-order valence-corrected chi connectivity index (χ0v) is 11.9. The molecule has 0 saturated heterocycles. The van der Waals surface area contributed by atoms with E-state index in [2.05, 4.69) is 26.2 Å². The quantitative estimate of drug-likeness (QED) is 0.820. The molecule has 0 atom stereocenters. The molecule has 5 heteroatoms. The molecule has 88 valence electrons. The van der Waals surface area contributed by atoms with Crippen LogP contribution in [-0.4, -0.2) is 4.98 Å². The van der Waals surface area contributed by atoms with E-state index >= 15 is 0 Å². The highest BCUT2D eigenvalue weighted by molar-refractivity contribution is 9.10. The molecule has 0 saturated carbocycles. The second-order valence-electron chi connectivity index (χ2n) is 3.44. The van der Waals surface area contributed by atoms with Gasteiger partial charge in [0.15, 0.2) is 0 Å². The Kier molecular flexibility index (Phi) is 4.26. The molecule has 0 spiro atoms. The van der Waals surface area contributed by atoms with Gasteiger partial charge in [0.2, 0.25) is 0 Å². The summed E-state index contributed by atoms with van der Waals surface area (Å²) < 4.78 is 0.788. The maximum atomic E-state index is 6.12. The number of halogens is 3. The van der Waals surface area contributed by atoms with E-state index in [-0.39, 0.29) is 0 Å². The molecule has 0 unspecified atom stereocenters. The molecule has 17 heavy (non-hydrogen) atoms. The van der Waals surface area contributed by atoms with Gasteiger partial charge in [0.1, 0.15) is 0 Å². The lowest BCUT2D eigenvalue weighted by molar-refractivity contribution is 1.11. The van der Waals surface area contributed by atoms with Crippen molar-refractivity contribution in [3.63, 3.8) is 0 Å². The first kappa shape index (κ1) is 12.7. The summed E-state index contributed by atoms with van der Waals surface area (Å²) in [6.45, 7) is 0.658. The van der Waals surface area contributed by atoms with Gasteiger partial charge < -0.3 is 5.32 Å². The fourth-order valence-corrected chi connectivity index (χ4v) is 2.20. The topological polar surface area (TPSA) is 24.9 Å². The van der Waals surface area contributed by atoms with E-state index in [0.29, 0.717) is 16.6 Å². The fourth-order valence-electron chi connectivity index (χ4n) is 1.36. The third-order valence-corrected chi connectivity index (χ3v) is 4.01. The third-order valence-electron chi connectivity index (χ3n) is 2.24. The molecule has 0 amide bonds. The molecule has 1 N–H and O–H groups in total. The van der Waals surface area contributed by atoms with Crippen LogP contribution in [0.5, 0.6) is 0 Å². The zero-order valence-electron chi connectivity index (χ0n) is 8.75. The Hall–Kier alpha value is -0.770. The molecule has 0 radical (unpaired) electrons. The number of nitrogens with one attached hydrogen (secondary N) is 1. The number of aromatic nitrogens is 1. The van der Waals surface area contributed by atoms with Gasteiger partial charge in [-0.1, -0.05) is 29.3 Å². The van der Waals surface area contributed by atoms with Crippen LogP contribution in [0, 0.1) is 0 Å². The number of nitrogens with zero attached hydrogens (tertiary/aromatic N) is 1. The molecule has 0 bridgehead atoms. The van der Waals surface area contributed by atoms with Gasteiger partial charge in [0.05, 0.1) is 15.7 Å². The number of hydrogen-bond acceptors (Lipinski definition) is 2. The molecule has 0 aliphatic carbocycles. The first-order valence-corrected chi connectivity index (χ1v) is 6.49. The largest absolute Gasteiger partial charge is 0.380 e. The Bertz CT molecular complexity index is 517. The fraction of sp³-hybridized carbons (Fsp3) is 0.0833. The molecular weight excluding hydrogens is 323 g/mol. The van der Waals surface area contributed by atoms with Crippen LogP contribution in [0.2, 0.25) is 10.0 Å². The smallest absolute Gasteiger partial charge is 0.0835 e. The van der Waals surface area contributed by atoms with Crippen LogP contribution >= 0.6 is 39.1 Å². The van der Waals surface area contributed by atoms with E-state index in [1.807, 2.05) is 24.3 Å². The van der Waals surface area contributed by atoms with Crippen molar-refractivity contribution in [2.24, 2.45) is 0 Å². The van der Waals surface area contributed by atoms with Crippen molar-refractivity contribution in [2.45, 2.75) is 6.54 Å². The van der Waals surface area contributed by atoms with E-state index in [4.69, 9.17) is 23.2 Å². The van der Waals surface area contributed by atoms with Crippen LogP contribution in [0.4, 0.5) is 5.69 Å². The van der Waals surface area contributed by atoms with Crippen LogP contribution < -0.4 is 5.32 Å². The second-order valence-corrected chi connectivity index (χ2v) is 5.05. The summed E-state index contributed by atoms with van der Waals surface area (Å²) in [5.41, 5.74) is 1.89. The molecule has 0 aliphatic heterocycles. The van der Waals surface area contributed by atoms with Crippen LogP contribution in [0.25, 0.3) is 0 Å². The number of hydrogen-bond donors (Lipinski definition) is 1. The van der Waals surface area contributed by atoms with E-state index in [0.717, 1.165) is 15.7 Å². The lowest BCUT2D eigenvalue weighted by Gasteiger charge is -2.10. The van der Waals surface area contributed by atoms with Crippen molar-refractivity contribution in [1.29, 1.82) is 0 Å². The summed E-state index contributed by atoms with van der Waals surface area (Å²) in [5, 5.41) is 4.26. The van der Waals surface area contributed by atoms with Crippen LogP contribution in [0.1, 0.15) is 5.56 Å². The Balaban J connectivity index is 2.13. The lowest BCUT2D eigenvalue weighted by atomic mass is 10.2. The molecule has 1 heterocycles. The molecule has 2 rings (SSSR count). The summed E-state index contributed by atoms with van der Waals surface area (Å²) in [5.74, 6) is 0. The van der Waals surface area contributed by atoms with Crippen molar-refractivity contribution in [3.8, 4) is 0 Å². The Morgan fingerprint density at radius 3 is 2.71 bits per heavy atom. The minimum atomic E-state index is 0.517. The summed E-state index contributed by atoms with van der Waals surface area (Å²) >= 11 is 15.5. The van der Waals surface area contributed by atoms with Gasteiger partial charge in [-0.3, -0.25) is 4.98 Å². The number of rotatable bonds is 3. The first-order valence-electron chi connectivity index (χ1n) is 4.95. The molecule has 2 aromatic rings. The van der Waals surface area contributed by atoms with Crippen molar-refractivity contribution in [3.05, 3.63) is 56.7 Å². The standard InChI is InChI=1S/C12H9BrCl2N2/c13-9-3-4-10(12(15)11(9)14)17-7-8-2-1-5-16-6-8/h1-6,17H,7H2. The van der Waals surface area contributed by atoms with Gasteiger partial charge in [-0.25, -0.2) is 0 Å². The number of pyridine rings is 1. The van der Waals surface area contributed by atoms with Gasteiger partial charge in [0.25, 0.3) is 0 Å². The SMILES string of the molecule is Clc1c(Br)ccc(NCc2cccnc2)c1Cl. The average Bonchev–Trinajstić information content (AvgIpc) is 2.36. The number of benzene rings is 1. The van der Waals surface area contributed by atoms with E-state index in [1.54, 1.807) is 12.4 Å². The highest BCUT2D eigenvalue weighted by atomic mass is 79.9. The van der Waals surface area contributed by atoms with Crippen LogP contribution in [0.15, 0.2) is 41.1 Å². The van der Waals surface area contributed by atoms with Gasteiger partial charge in [-0.05, 0) is 39.7 Å². The molecular formula is C12H9BrCl2N2. The van der Waals surface area contributed by atoms with Gasteiger partial charge in [0, 0.05) is 23.4 Å². The third kappa shape index (κ3) is 3.12. The van der Waals surface area contributed by atoms with Gasteiger partial charge in [-0.15, -0.1) is 0 Å². The van der Waals surface area contributed by atoms with E-state index in [9.17, 15) is 0 Å². The number of anilines is 1. The monoisotopic (exact) mass is 330 g/mol. The lowest BCUT2D eigenvalue weighted by Crippen LogP contribution is -2.00. The minimum Gasteiger partial charge on any atom is -0.380 e. The predicted molar refractivity (Wildman–Crippen MR) is 75.7 cm³/mol. The first-order chi connectivity index (χ1) is 8.18. The highest BCUT2D eigenvalue weighted by Crippen LogP contribution is 2.35. The summed E-state index contributed by atoms with van der Waals surface area (Å²) in [4.78, 5) is 4.04. The molecule has 2 nitrogen and oxygen atoms in total. The maximum Gasteiger partial charge on any atom is 0.0835 e. The second kappa shape index (κ2) is 5.71. The average molecular weight is 332 g/mol. The van der Waals surface area contributed by atoms with E-state index < -0.39 is 0 Å². The molecule has 1 aromatic heterocycles. The molecule has 1 aromatic carbocycles. The molecule has 0 fully saturated rings. The van der Waals surface area contributed by atoms with Crippen molar-refractivity contribution < 1.29 is 0 Å². The molecule has 0 aliphatic rings. The van der Waals surface area contributed by atoms with Gasteiger partial charge in [-0.2, -0.15) is 0 Å². The van der Waals surface area contributed by atoms with Crippen molar-refractivity contribution in [2.75, 3.05) is 5.32 Å². The van der Waals surface area contributed by atoms with Crippen LogP contribution in [-0.2, 0) is 6.54 Å². The normalized spacial score (nSPS) is 10.3. The van der Waals surface area contributed by atoms with Gasteiger partial charge >= 0.3 is 0 Å². The van der Waals surface area contributed by atoms with Crippen LogP contribution in [0.3, 0.4) is 0 Å². The predicted octanol–water partition coefficient (Wildman–Crippen LogP) is 4.76. The maximum absolute atomic E-state index is 6.12. The summed E-state index contributed by atoms with van der Waals surface area (Å²) in [7, 11) is 0.